The average molecular weight is 290 g/mol. The van der Waals surface area contributed by atoms with Gasteiger partial charge in [0.1, 0.15) is 0 Å². The van der Waals surface area contributed by atoms with Crippen molar-refractivity contribution < 1.29 is 13.2 Å². The standard InChI is InChI=1S/C13H26N2O3S/c1-13(2)11(8-12(13)18-3)15-19(16,17)9-10-4-6-14-7-5-10/h10-12,14-15H,4-9H2,1-3H3. The van der Waals surface area contributed by atoms with Crippen molar-refractivity contribution in [2.45, 2.75) is 45.3 Å². The predicted octanol–water partition coefficient (Wildman–Crippen LogP) is 0.719. The Morgan fingerprint density at radius 1 is 1.32 bits per heavy atom. The lowest BCUT2D eigenvalue weighted by Gasteiger charge is -2.51. The number of hydrogen-bond donors (Lipinski definition) is 2. The van der Waals surface area contributed by atoms with E-state index in [0.29, 0.717) is 5.92 Å². The van der Waals surface area contributed by atoms with Gasteiger partial charge in [0.2, 0.25) is 10.0 Å². The average Bonchev–Trinajstić information content (AvgIpc) is 2.34. The van der Waals surface area contributed by atoms with E-state index in [0.717, 1.165) is 32.4 Å². The molecule has 112 valence electrons. The fraction of sp³-hybridized carbons (Fsp3) is 1.00. The Morgan fingerprint density at radius 2 is 1.95 bits per heavy atom. The van der Waals surface area contributed by atoms with Crippen LogP contribution in [-0.2, 0) is 14.8 Å². The SMILES string of the molecule is COC1CC(NS(=O)(=O)CC2CCNCC2)C1(C)C. The molecule has 2 aliphatic rings. The lowest BCUT2D eigenvalue weighted by atomic mass is 9.65. The molecule has 2 fully saturated rings. The normalized spacial score (nSPS) is 31.9. The van der Waals surface area contributed by atoms with E-state index in [-0.39, 0.29) is 23.3 Å². The van der Waals surface area contributed by atoms with Gasteiger partial charge in [0.25, 0.3) is 0 Å². The molecule has 0 spiro atoms. The van der Waals surface area contributed by atoms with E-state index >= 15 is 0 Å². The van der Waals surface area contributed by atoms with Crippen molar-refractivity contribution in [3.05, 3.63) is 0 Å². The summed E-state index contributed by atoms with van der Waals surface area (Å²) in [7, 11) is -1.49. The van der Waals surface area contributed by atoms with Crippen molar-refractivity contribution in [3.8, 4) is 0 Å². The molecule has 6 heteroatoms. The molecule has 1 saturated carbocycles. The summed E-state index contributed by atoms with van der Waals surface area (Å²) < 4.78 is 32.6. The highest BCUT2D eigenvalue weighted by atomic mass is 32.2. The Balaban J connectivity index is 1.87. The first-order chi connectivity index (χ1) is 8.85. The van der Waals surface area contributed by atoms with Crippen molar-refractivity contribution in [1.29, 1.82) is 0 Å². The quantitative estimate of drug-likeness (QED) is 0.783. The molecular formula is C13H26N2O3S. The molecule has 19 heavy (non-hydrogen) atoms. The van der Waals surface area contributed by atoms with Crippen LogP contribution in [0.2, 0.25) is 0 Å². The molecule has 0 amide bonds. The van der Waals surface area contributed by atoms with Crippen LogP contribution in [0.25, 0.3) is 0 Å². The van der Waals surface area contributed by atoms with Crippen LogP contribution in [0.3, 0.4) is 0 Å². The van der Waals surface area contributed by atoms with Crippen LogP contribution < -0.4 is 10.0 Å². The summed E-state index contributed by atoms with van der Waals surface area (Å²) in [4.78, 5) is 0. The maximum absolute atomic E-state index is 12.2. The summed E-state index contributed by atoms with van der Waals surface area (Å²) >= 11 is 0. The maximum atomic E-state index is 12.2. The van der Waals surface area contributed by atoms with Crippen LogP contribution in [-0.4, -0.2) is 46.5 Å². The molecule has 0 radical (unpaired) electrons. The first-order valence-corrected chi connectivity index (χ1v) is 8.74. The molecule has 2 atom stereocenters. The van der Waals surface area contributed by atoms with Crippen molar-refractivity contribution in [2.75, 3.05) is 26.0 Å². The van der Waals surface area contributed by atoms with Crippen molar-refractivity contribution >= 4 is 10.0 Å². The summed E-state index contributed by atoms with van der Waals surface area (Å²) in [5, 5.41) is 3.26. The van der Waals surface area contributed by atoms with Crippen LogP contribution in [0, 0.1) is 11.3 Å². The highest BCUT2D eigenvalue weighted by molar-refractivity contribution is 7.89. The van der Waals surface area contributed by atoms with Gasteiger partial charge in [0.15, 0.2) is 0 Å². The molecule has 0 bridgehead atoms. The minimum Gasteiger partial charge on any atom is -0.381 e. The first kappa shape index (κ1) is 15.2. The van der Waals surface area contributed by atoms with Crippen LogP contribution in [0.5, 0.6) is 0 Å². The first-order valence-electron chi connectivity index (χ1n) is 7.08. The molecule has 1 saturated heterocycles. The zero-order valence-electron chi connectivity index (χ0n) is 12.1. The molecule has 0 aromatic heterocycles. The van der Waals surface area contributed by atoms with Gasteiger partial charge in [-0.25, -0.2) is 13.1 Å². The van der Waals surface area contributed by atoms with Crippen LogP contribution in [0.15, 0.2) is 0 Å². The van der Waals surface area contributed by atoms with Gasteiger partial charge in [-0.2, -0.15) is 0 Å². The topological polar surface area (TPSA) is 67.4 Å². The van der Waals surface area contributed by atoms with E-state index in [4.69, 9.17) is 4.74 Å². The summed E-state index contributed by atoms with van der Waals surface area (Å²) in [6, 6.07) is 0.00386. The number of ether oxygens (including phenoxy) is 1. The number of methoxy groups -OCH3 is 1. The van der Waals surface area contributed by atoms with E-state index in [1.54, 1.807) is 7.11 Å². The van der Waals surface area contributed by atoms with Gasteiger partial charge in [0, 0.05) is 18.6 Å². The highest BCUT2D eigenvalue weighted by Gasteiger charge is 2.50. The Kier molecular flexibility index (Phi) is 4.55. The molecule has 5 nitrogen and oxygen atoms in total. The molecule has 1 heterocycles. The second kappa shape index (κ2) is 5.68. The van der Waals surface area contributed by atoms with E-state index in [9.17, 15) is 8.42 Å². The molecule has 2 N–H and O–H groups in total. The minimum atomic E-state index is -3.18. The fourth-order valence-corrected chi connectivity index (χ4v) is 4.99. The summed E-state index contributed by atoms with van der Waals surface area (Å²) in [6.07, 6.45) is 2.83. The molecule has 2 unspecified atom stereocenters. The number of nitrogens with one attached hydrogen (secondary N) is 2. The highest BCUT2D eigenvalue weighted by Crippen LogP contribution is 2.42. The zero-order chi connectivity index (χ0) is 14.1. The number of hydrogen-bond acceptors (Lipinski definition) is 4. The Morgan fingerprint density at radius 3 is 2.47 bits per heavy atom. The van der Waals surface area contributed by atoms with Gasteiger partial charge >= 0.3 is 0 Å². The Bertz CT molecular complexity index is 402. The smallest absolute Gasteiger partial charge is 0.212 e. The third-order valence-electron chi connectivity index (χ3n) is 4.70. The summed E-state index contributed by atoms with van der Waals surface area (Å²) in [6.45, 7) is 5.98. The molecule has 1 aliphatic carbocycles. The van der Waals surface area contributed by atoms with Crippen LogP contribution in [0.1, 0.15) is 33.1 Å². The predicted molar refractivity (Wildman–Crippen MR) is 75.5 cm³/mol. The van der Waals surface area contributed by atoms with Gasteiger partial charge in [-0.1, -0.05) is 13.8 Å². The van der Waals surface area contributed by atoms with Crippen LogP contribution >= 0.6 is 0 Å². The molecule has 2 rings (SSSR count). The van der Waals surface area contributed by atoms with Crippen LogP contribution in [0.4, 0.5) is 0 Å². The second-order valence-electron chi connectivity index (χ2n) is 6.43. The van der Waals surface area contributed by atoms with Gasteiger partial charge in [-0.05, 0) is 38.3 Å². The Hall–Kier alpha value is -0.170. The van der Waals surface area contributed by atoms with E-state index in [2.05, 4.69) is 23.9 Å². The zero-order valence-corrected chi connectivity index (χ0v) is 12.9. The van der Waals surface area contributed by atoms with E-state index in [1.807, 2.05) is 0 Å². The van der Waals surface area contributed by atoms with Gasteiger partial charge in [-0.3, -0.25) is 0 Å². The van der Waals surface area contributed by atoms with Crippen molar-refractivity contribution in [2.24, 2.45) is 11.3 Å². The molecule has 0 aromatic rings. The van der Waals surface area contributed by atoms with E-state index in [1.165, 1.54) is 0 Å². The monoisotopic (exact) mass is 290 g/mol. The van der Waals surface area contributed by atoms with Gasteiger partial charge < -0.3 is 10.1 Å². The lowest BCUT2D eigenvalue weighted by molar-refractivity contribution is -0.0908. The Labute approximate surface area is 116 Å². The largest absolute Gasteiger partial charge is 0.381 e. The van der Waals surface area contributed by atoms with Crippen molar-refractivity contribution in [3.63, 3.8) is 0 Å². The summed E-state index contributed by atoms with van der Waals surface area (Å²) in [5.74, 6) is 0.555. The molecule has 1 aliphatic heterocycles. The summed E-state index contributed by atoms with van der Waals surface area (Å²) in [5.41, 5.74) is -0.115. The number of rotatable bonds is 5. The van der Waals surface area contributed by atoms with Gasteiger partial charge in [-0.15, -0.1) is 0 Å². The molecule has 0 aromatic carbocycles. The minimum absolute atomic E-state index is 0.00386. The fourth-order valence-electron chi connectivity index (χ4n) is 3.11. The maximum Gasteiger partial charge on any atom is 0.212 e. The number of piperidine rings is 1. The van der Waals surface area contributed by atoms with Gasteiger partial charge in [0.05, 0.1) is 11.9 Å². The van der Waals surface area contributed by atoms with E-state index < -0.39 is 10.0 Å². The lowest BCUT2D eigenvalue weighted by Crippen LogP contribution is -2.62. The number of sulfonamides is 1. The second-order valence-corrected chi connectivity index (χ2v) is 8.23. The van der Waals surface area contributed by atoms with Crippen molar-refractivity contribution in [1.82, 2.24) is 10.0 Å². The third-order valence-corrected chi connectivity index (χ3v) is 6.25. The molecular weight excluding hydrogens is 264 g/mol. The third kappa shape index (κ3) is 3.48.